The number of anilines is 1. The molecule has 1 aromatic heterocycles. The van der Waals surface area contributed by atoms with Gasteiger partial charge in [-0.1, -0.05) is 23.2 Å². The molecule has 1 N–H and O–H groups in total. The molecule has 0 saturated heterocycles. The van der Waals surface area contributed by atoms with Gasteiger partial charge in [-0.3, -0.25) is 0 Å². The van der Waals surface area contributed by atoms with E-state index in [1.165, 1.54) is 17.0 Å². The Balaban J connectivity index is 1.97. The Morgan fingerprint density at radius 1 is 1.33 bits per heavy atom. The second-order valence-electron chi connectivity index (χ2n) is 3.79. The minimum Gasteiger partial charge on any atom is -0.385 e. The van der Waals surface area contributed by atoms with E-state index < -0.39 is 5.82 Å². The van der Waals surface area contributed by atoms with Crippen LogP contribution in [-0.2, 0) is 6.42 Å². The maximum atomic E-state index is 13.2. The number of nitrogens with zero attached hydrogens (tertiary/aromatic N) is 1. The van der Waals surface area contributed by atoms with Crippen molar-refractivity contribution in [2.45, 2.75) is 13.3 Å². The summed E-state index contributed by atoms with van der Waals surface area (Å²) in [5.41, 5.74) is 3.60. The van der Waals surface area contributed by atoms with Crippen LogP contribution in [-0.4, -0.2) is 11.5 Å². The van der Waals surface area contributed by atoms with Gasteiger partial charge in [0.25, 0.3) is 0 Å². The topological polar surface area (TPSA) is 24.9 Å². The first-order valence-electron chi connectivity index (χ1n) is 5.35. The summed E-state index contributed by atoms with van der Waals surface area (Å²) in [4.78, 5) is 5.42. The van der Waals surface area contributed by atoms with E-state index in [-0.39, 0.29) is 10.0 Å². The Kier molecular flexibility index (Phi) is 4.43. The number of nitrogens with one attached hydrogen (secondary N) is 1. The van der Waals surface area contributed by atoms with Crippen molar-refractivity contribution in [3.8, 4) is 0 Å². The number of halogens is 3. The number of aromatic nitrogens is 1. The first-order chi connectivity index (χ1) is 8.58. The van der Waals surface area contributed by atoms with Gasteiger partial charge < -0.3 is 5.32 Å². The van der Waals surface area contributed by atoms with Crippen LogP contribution in [0, 0.1) is 12.7 Å². The van der Waals surface area contributed by atoms with Crippen LogP contribution in [0.25, 0.3) is 0 Å². The van der Waals surface area contributed by atoms with Gasteiger partial charge in [0.1, 0.15) is 0 Å². The summed E-state index contributed by atoms with van der Waals surface area (Å²) in [6, 6.07) is 3.06. The lowest BCUT2D eigenvalue weighted by atomic mass is 10.2. The minimum atomic E-state index is -0.581. The number of thiazole rings is 1. The maximum absolute atomic E-state index is 13.2. The molecule has 0 unspecified atom stereocenters. The molecule has 18 heavy (non-hydrogen) atoms. The fraction of sp³-hybridized carbons (Fsp3) is 0.250. The third kappa shape index (κ3) is 3.13. The van der Waals surface area contributed by atoms with Crippen molar-refractivity contribution in [1.29, 1.82) is 0 Å². The van der Waals surface area contributed by atoms with Gasteiger partial charge in [0.05, 0.1) is 21.2 Å². The summed E-state index contributed by atoms with van der Waals surface area (Å²) in [5.74, 6) is -0.581. The number of hydrogen-bond donors (Lipinski definition) is 1. The quantitative estimate of drug-likeness (QED) is 0.838. The summed E-state index contributed by atoms with van der Waals surface area (Å²) < 4.78 is 13.2. The van der Waals surface area contributed by atoms with Crippen LogP contribution in [0.3, 0.4) is 0 Å². The molecule has 0 spiro atoms. The van der Waals surface area contributed by atoms with Crippen LogP contribution in [0.15, 0.2) is 17.6 Å². The number of hydrogen-bond acceptors (Lipinski definition) is 3. The average Bonchev–Trinajstić information content (AvgIpc) is 2.72. The summed E-state index contributed by atoms with van der Waals surface area (Å²) in [6.07, 6.45) is 0.864. The molecule has 1 aromatic carbocycles. The fourth-order valence-corrected chi connectivity index (χ4v) is 2.81. The highest BCUT2D eigenvalue weighted by Gasteiger charge is 2.07. The van der Waals surface area contributed by atoms with E-state index in [0.29, 0.717) is 5.69 Å². The van der Waals surface area contributed by atoms with Crippen molar-refractivity contribution < 1.29 is 4.39 Å². The SMILES string of the molecule is Cc1ncsc1CCNc1cc(Cl)c(F)c(Cl)c1. The average molecular weight is 305 g/mol. The highest BCUT2D eigenvalue weighted by molar-refractivity contribution is 7.09. The first-order valence-corrected chi connectivity index (χ1v) is 6.99. The highest BCUT2D eigenvalue weighted by Crippen LogP contribution is 2.27. The van der Waals surface area contributed by atoms with Crippen LogP contribution in [0.4, 0.5) is 10.1 Å². The van der Waals surface area contributed by atoms with Gasteiger partial charge in [-0.05, 0) is 19.1 Å². The zero-order valence-corrected chi connectivity index (χ0v) is 12.0. The largest absolute Gasteiger partial charge is 0.385 e. The molecule has 1 heterocycles. The zero-order chi connectivity index (χ0) is 13.1. The number of rotatable bonds is 4. The summed E-state index contributed by atoms with van der Waals surface area (Å²) in [6.45, 7) is 2.71. The summed E-state index contributed by atoms with van der Waals surface area (Å²) >= 11 is 13.1. The molecular formula is C12H11Cl2FN2S. The lowest BCUT2D eigenvalue weighted by Gasteiger charge is -2.07. The fourth-order valence-electron chi connectivity index (χ4n) is 1.54. The molecule has 0 bridgehead atoms. The van der Waals surface area contributed by atoms with Gasteiger partial charge in [0.15, 0.2) is 5.82 Å². The van der Waals surface area contributed by atoms with Crippen LogP contribution >= 0.6 is 34.5 Å². The molecule has 0 aliphatic heterocycles. The van der Waals surface area contributed by atoms with Gasteiger partial charge >= 0.3 is 0 Å². The van der Waals surface area contributed by atoms with Crippen LogP contribution in [0.1, 0.15) is 10.6 Å². The van der Waals surface area contributed by atoms with E-state index in [2.05, 4.69) is 10.3 Å². The van der Waals surface area contributed by atoms with Crippen LogP contribution in [0.2, 0.25) is 10.0 Å². The Bertz CT molecular complexity index is 534. The van der Waals surface area contributed by atoms with Crippen molar-refractivity contribution >= 4 is 40.2 Å². The van der Waals surface area contributed by atoms with Gasteiger partial charge in [-0.2, -0.15) is 0 Å². The maximum Gasteiger partial charge on any atom is 0.160 e. The van der Waals surface area contributed by atoms with E-state index in [0.717, 1.165) is 18.7 Å². The minimum absolute atomic E-state index is 0.0268. The van der Waals surface area contributed by atoms with Crippen molar-refractivity contribution in [3.63, 3.8) is 0 Å². The Labute approximate surface area is 119 Å². The van der Waals surface area contributed by atoms with Gasteiger partial charge in [-0.15, -0.1) is 11.3 Å². The van der Waals surface area contributed by atoms with E-state index in [4.69, 9.17) is 23.2 Å². The van der Waals surface area contributed by atoms with E-state index in [9.17, 15) is 4.39 Å². The smallest absolute Gasteiger partial charge is 0.160 e. The molecule has 6 heteroatoms. The lowest BCUT2D eigenvalue weighted by Crippen LogP contribution is -2.05. The van der Waals surface area contributed by atoms with E-state index >= 15 is 0 Å². The predicted molar refractivity (Wildman–Crippen MR) is 75.5 cm³/mol. The number of aryl methyl sites for hydroxylation is 1. The third-order valence-corrected chi connectivity index (χ3v) is 4.05. The molecule has 0 fully saturated rings. The molecule has 0 amide bonds. The second kappa shape index (κ2) is 5.87. The Hall–Kier alpha value is -0.840. The summed E-state index contributed by atoms with van der Waals surface area (Å²) in [5, 5.41) is 3.22. The Morgan fingerprint density at radius 2 is 2.00 bits per heavy atom. The Morgan fingerprint density at radius 3 is 2.56 bits per heavy atom. The molecule has 2 rings (SSSR count). The van der Waals surface area contributed by atoms with Gasteiger partial charge in [0, 0.05) is 23.5 Å². The standard InChI is InChI=1S/C12H11Cl2FN2S/c1-7-11(18-6-17-7)2-3-16-8-4-9(13)12(15)10(14)5-8/h4-6,16H,2-3H2,1H3. The molecule has 0 aliphatic carbocycles. The van der Waals surface area contributed by atoms with Crippen LogP contribution < -0.4 is 5.32 Å². The lowest BCUT2D eigenvalue weighted by molar-refractivity contribution is 0.629. The van der Waals surface area contributed by atoms with Crippen molar-refractivity contribution in [1.82, 2.24) is 4.98 Å². The van der Waals surface area contributed by atoms with E-state index in [1.54, 1.807) is 11.3 Å². The molecule has 0 radical (unpaired) electrons. The number of benzene rings is 1. The molecule has 2 aromatic rings. The van der Waals surface area contributed by atoms with Crippen molar-refractivity contribution in [2.24, 2.45) is 0 Å². The van der Waals surface area contributed by atoms with Crippen LogP contribution in [0.5, 0.6) is 0 Å². The normalized spacial score (nSPS) is 10.7. The summed E-state index contributed by atoms with van der Waals surface area (Å²) in [7, 11) is 0. The molecule has 0 aliphatic rings. The molecule has 0 saturated carbocycles. The van der Waals surface area contributed by atoms with E-state index in [1.807, 2.05) is 12.4 Å². The molecule has 0 atom stereocenters. The second-order valence-corrected chi connectivity index (χ2v) is 5.55. The molecular weight excluding hydrogens is 294 g/mol. The predicted octanol–water partition coefficient (Wildman–Crippen LogP) is 4.55. The monoisotopic (exact) mass is 304 g/mol. The molecule has 2 nitrogen and oxygen atoms in total. The molecule has 96 valence electrons. The highest BCUT2D eigenvalue weighted by atomic mass is 35.5. The van der Waals surface area contributed by atoms with Crippen molar-refractivity contribution in [2.75, 3.05) is 11.9 Å². The van der Waals surface area contributed by atoms with Crippen molar-refractivity contribution in [3.05, 3.63) is 44.1 Å². The zero-order valence-electron chi connectivity index (χ0n) is 9.64. The first kappa shape index (κ1) is 13.6. The third-order valence-electron chi connectivity index (χ3n) is 2.51. The van der Waals surface area contributed by atoms with Gasteiger partial charge in [0.2, 0.25) is 0 Å². The van der Waals surface area contributed by atoms with Gasteiger partial charge in [-0.25, -0.2) is 9.37 Å².